The number of aryl methyl sites for hydroxylation is 2. The van der Waals surface area contributed by atoms with Crippen molar-refractivity contribution < 1.29 is 29.4 Å². The van der Waals surface area contributed by atoms with Gasteiger partial charge in [-0.1, -0.05) is 148 Å². The molecule has 0 aliphatic heterocycles. The van der Waals surface area contributed by atoms with Crippen molar-refractivity contribution in [1.29, 1.82) is 0 Å². The molecule has 20 unspecified atom stereocenters. The van der Waals surface area contributed by atoms with Gasteiger partial charge < -0.3 is 9.47 Å². The lowest BCUT2D eigenvalue weighted by Crippen LogP contribution is -2.64. The molecule has 8 fully saturated rings. The average Bonchev–Trinajstić information content (AvgIpc) is 1.10. The second kappa shape index (κ2) is 26.6. The summed E-state index contributed by atoms with van der Waals surface area (Å²) in [6, 6.07) is 26.0. The largest absolute Gasteiger partial charge is 0.483 e. The van der Waals surface area contributed by atoms with Crippen molar-refractivity contribution in [2.75, 3.05) is 6.61 Å². The van der Waals surface area contributed by atoms with Crippen LogP contribution < -0.4 is 9.47 Å². The molecule has 11 rings (SSSR count). The molecule has 8 aliphatic carbocycles. The molecule has 0 amide bonds. The Labute approximate surface area is 525 Å². The Morgan fingerprint density at radius 3 is 1.70 bits per heavy atom. The summed E-state index contributed by atoms with van der Waals surface area (Å²) >= 11 is 0. The highest BCUT2D eigenvalue weighted by molar-refractivity contribution is 5.38. The predicted octanol–water partition coefficient (Wildman–Crippen LogP) is 22.6. The SMILES string of the molecule is CCOOC1CC2C3CCC(C(C)CCC=C(C)C)C3(C)CCC2C2(C)CCC(C(C)OO)C(C)(C)C12.Cc1ccc(Oc2ccc(C3(Oc4ccc(C)cc4)CCC4(C)C(CCC5C4CCC4(C)C(C(C)CCCC(C)C)CCC54)C3)cc2)cc1. The molecule has 0 radical (unpaired) electrons. The maximum absolute atomic E-state index is 9.60. The summed E-state index contributed by atoms with van der Waals surface area (Å²) in [5.41, 5.74) is 6.59. The minimum Gasteiger partial charge on any atom is -0.483 e. The molecule has 0 bridgehead atoms. The van der Waals surface area contributed by atoms with Gasteiger partial charge in [0.05, 0.1) is 18.8 Å². The highest BCUT2D eigenvalue weighted by Gasteiger charge is 2.67. The quantitative estimate of drug-likeness (QED) is 0.0733. The highest BCUT2D eigenvalue weighted by Crippen LogP contribution is 2.73. The molecule has 0 aromatic heterocycles. The Bertz CT molecular complexity index is 2690. The van der Waals surface area contributed by atoms with Crippen LogP contribution in [-0.4, -0.2) is 24.1 Å². The second-order valence-corrected chi connectivity index (χ2v) is 33.2. The molecule has 478 valence electrons. The summed E-state index contributed by atoms with van der Waals surface area (Å²) in [5.74, 6) is 13.4. The van der Waals surface area contributed by atoms with Crippen molar-refractivity contribution in [3.63, 3.8) is 0 Å². The molecular weight excluding hydrogens is 1060 g/mol. The highest BCUT2D eigenvalue weighted by atomic mass is 17.2. The molecule has 3 aromatic carbocycles. The zero-order chi connectivity index (χ0) is 61.6. The van der Waals surface area contributed by atoms with Gasteiger partial charge in [-0.3, -0.25) is 5.26 Å². The Morgan fingerprint density at radius 1 is 0.570 bits per heavy atom. The maximum Gasteiger partial charge on any atom is 0.134 e. The first-order valence-electron chi connectivity index (χ1n) is 35.7. The van der Waals surface area contributed by atoms with Crippen LogP contribution >= 0.6 is 0 Å². The molecule has 0 spiro atoms. The van der Waals surface area contributed by atoms with Crippen LogP contribution in [0.5, 0.6) is 17.2 Å². The summed E-state index contributed by atoms with van der Waals surface area (Å²) in [4.78, 5) is 17.0. The van der Waals surface area contributed by atoms with Crippen molar-refractivity contribution in [2.45, 2.75) is 263 Å². The monoisotopic (exact) mass is 1180 g/mol. The van der Waals surface area contributed by atoms with Crippen LogP contribution in [0.15, 0.2) is 84.4 Å². The van der Waals surface area contributed by atoms with Gasteiger partial charge >= 0.3 is 0 Å². The molecule has 6 nitrogen and oxygen atoms in total. The molecule has 1 N–H and O–H groups in total. The van der Waals surface area contributed by atoms with Crippen LogP contribution in [0.3, 0.4) is 0 Å². The number of hydrogen-bond acceptors (Lipinski definition) is 6. The molecule has 8 aliphatic rings. The van der Waals surface area contributed by atoms with Gasteiger partial charge in [0.15, 0.2) is 0 Å². The van der Waals surface area contributed by atoms with Gasteiger partial charge in [0, 0.05) is 0 Å². The van der Waals surface area contributed by atoms with E-state index in [2.05, 4.69) is 176 Å². The predicted molar refractivity (Wildman–Crippen MR) is 355 cm³/mol. The van der Waals surface area contributed by atoms with E-state index >= 15 is 0 Å². The van der Waals surface area contributed by atoms with E-state index in [1.807, 2.05) is 13.8 Å². The molecule has 8 saturated carbocycles. The minimum atomic E-state index is -0.318. The third-order valence-electron chi connectivity index (χ3n) is 27.5. The normalized spacial score (nSPS) is 38.7. The lowest BCUT2D eigenvalue weighted by Gasteiger charge is -2.67. The molecule has 20 atom stereocenters. The zero-order valence-electron chi connectivity index (χ0n) is 57.3. The van der Waals surface area contributed by atoms with Gasteiger partial charge in [0.25, 0.3) is 0 Å². The van der Waals surface area contributed by atoms with E-state index in [0.29, 0.717) is 40.6 Å². The van der Waals surface area contributed by atoms with Crippen LogP contribution in [0.1, 0.15) is 248 Å². The Kier molecular flexibility index (Phi) is 20.3. The summed E-state index contributed by atoms with van der Waals surface area (Å²) in [7, 11) is 0. The summed E-state index contributed by atoms with van der Waals surface area (Å²) in [6.45, 7) is 38.8. The van der Waals surface area contributed by atoms with E-state index in [9.17, 15) is 5.26 Å². The number of hydrogen-bond donors (Lipinski definition) is 1. The van der Waals surface area contributed by atoms with Crippen LogP contribution in [0.2, 0.25) is 0 Å². The minimum absolute atomic E-state index is 0.000285. The van der Waals surface area contributed by atoms with Crippen molar-refractivity contribution >= 4 is 0 Å². The standard InChI is InChI=1S/C47H64O2.C33H58O4/c1-32(2)9-8-10-35(5)42-25-26-43-41-24-17-37-31-47(49-40-20-13-34(4)14-21-40,30-29-45(37,6)44(41)27-28-46(42,43)7)36-15-22-39(23-16-36)48-38-18-11-33(3)12-19-38;1-10-35-37-29-20-24-27-15-14-25(22(4)13-11-12-21(2)3)32(27,8)18-17-28(24)33(9)19-16-26(23(5)36-34)31(6,7)30(29)33/h11-16,18-23,32,35,37,41-44H,8-10,17,24-31H2,1-7H3;12,22-30,34H,10-11,13-20H2,1-9H3. The third kappa shape index (κ3) is 12.8. The van der Waals surface area contributed by atoms with Gasteiger partial charge in [-0.15, -0.1) is 0 Å². The second-order valence-electron chi connectivity index (χ2n) is 33.2. The number of allylic oxidation sites excluding steroid dienone is 2. The third-order valence-corrected chi connectivity index (χ3v) is 27.5. The van der Waals surface area contributed by atoms with Crippen LogP contribution in [0.25, 0.3) is 0 Å². The number of fused-ring (bicyclic) bond motifs is 10. The van der Waals surface area contributed by atoms with Gasteiger partial charge in [-0.05, 0) is 309 Å². The number of benzene rings is 3. The van der Waals surface area contributed by atoms with E-state index in [-0.39, 0.29) is 28.6 Å². The molecular formula is C80H122O6. The van der Waals surface area contributed by atoms with Crippen molar-refractivity contribution in [3.05, 3.63) is 101 Å². The Hall–Kier alpha value is -3.16. The first-order chi connectivity index (χ1) is 40.9. The van der Waals surface area contributed by atoms with E-state index in [0.717, 1.165) is 108 Å². The van der Waals surface area contributed by atoms with Crippen LogP contribution in [0.4, 0.5) is 0 Å². The maximum atomic E-state index is 9.60. The fraction of sp³-hybridized carbons (Fsp3) is 0.750. The number of ether oxygens (including phenoxy) is 2. The fourth-order valence-electron chi connectivity index (χ4n) is 23.3. The zero-order valence-corrected chi connectivity index (χ0v) is 57.3. The van der Waals surface area contributed by atoms with Crippen LogP contribution in [-0.2, 0) is 20.3 Å². The first-order valence-corrected chi connectivity index (χ1v) is 35.7. The van der Waals surface area contributed by atoms with Gasteiger partial charge in [0.1, 0.15) is 22.8 Å². The van der Waals surface area contributed by atoms with E-state index in [4.69, 9.17) is 24.1 Å². The van der Waals surface area contributed by atoms with Gasteiger partial charge in [0.2, 0.25) is 0 Å². The molecule has 0 heterocycles. The van der Waals surface area contributed by atoms with Gasteiger partial charge in [-0.25, -0.2) is 14.7 Å². The lowest BCUT2D eigenvalue weighted by molar-refractivity contribution is -0.372. The Balaban J connectivity index is 0.000000199. The van der Waals surface area contributed by atoms with E-state index in [1.165, 1.54) is 131 Å². The number of rotatable bonds is 19. The van der Waals surface area contributed by atoms with Crippen molar-refractivity contribution in [2.24, 2.45) is 110 Å². The van der Waals surface area contributed by atoms with E-state index < -0.39 is 0 Å². The Morgan fingerprint density at radius 2 is 1.12 bits per heavy atom. The van der Waals surface area contributed by atoms with Crippen molar-refractivity contribution in [3.8, 4) is 17.2 Å². The topological polar surface area (TPSA) is 66.4 Å². The molecule has 86 heavy (non-hydrogen) atoms. The average molecular weight is 1180 g/mol. The summed E-state index contributed by atoms with van der Waals surface area (Å²) < 4.78 is 13.5. The lowest BCUT2D eigenvalue weighted by atomic mass is 9.39. The fourth-order valence-corrected chi connectivity index (χ4v) is 23.3. The smallest absolute Gasteiger partial charge is 0.134 e. The molecule has 0 saturated heterocycles. The molecule has 3 aromatic rings. The summed E-state index contributed by atoms with van der Waals surface area (Å²) in [6.07, 6.45) is 30.2. The van der Waals surface area contributed by atoms with Crippen molar-refractivity contribution in [1.82, 2.24) is 0 Å². The first kappa shape index (κ1) is 65.8. The summed E-state index contributed by atoms with van der Waals surface area (Å²) in [5, 5.41) is 9.60. The van der Waals surface area contributed by atoms with Gasteiger partial charge in [-0.2, -0.15) is 0 Å². The van der Waals surface area contributed by atoms with E-state index in [1.54, 1.807) is 0 Å². The molecule has 6 heteroatoms. The van der Waals surface area contributed by atoms with Crippen LogP contribution in [0, 0.1) is 124 Å².